The summed E-state index contributed by atoms with van der Waals surface area (Å²) < 4.78 is 0.718. The van der Waals surface area contributed by atoms with E-state index in [9.17, 15) is 4.79 Å². The van der Waals surface area contributed by atoms with E-state index >= 15 is 0 Å². The maximum atomic E-state index is 10.8. The third kappa shape index (κ3) is 2.97. The zero-order valence-electron chi connectivity index (χ0n) is 8.00. The van der Waals surface area contributed by atoms with Crippen molar-refractivity contribution in [3.63, 3.8) is 0 Å². The molecule has 1 aromatic heterocycles. The molecule has 0 saturated heterocycles. The van der Waals surface area contributed by atoms with Gasteiger partial charge in [-0.25, -0.2) is 0 Å². The molecule has 0 amide bonds. The van der Waals surface area contributed by atoms with E-state index in [0.29, 0.717) is 6.54 Å². The normalized spacial score (nSPS) is 11.6. The number of hydrogen-bond acceptors (Lipinski definition) is 3. The molecule has 3 nitrogen and oxygen atoms in total. The topological polar surface area (TPSA) is 49.3 Å². The molecular formula is C9H12ClNO2S. The molecule has 5 heteroatoms. The molecule has 0 aliphatic rings. The lowest BCUT2D eigenvalue weighted by Crippen LogP contribution is -2.45. The van der Waals surface area contributed by atoms with Crippen molar-refractivity contribution in [1.29, 1.82) is 0 Å². The van der Waals surface area contributed by atoms with E-state index in [4.69, 9.17) is 16.7 Å². The lowest BCUT2D eigenvalue weighted by atomic mass is 10.1. The quantitative estimate of drug-likeness (QED) is 0.840. The number of carboxylic acids is 1. The van der Waals surface area contributed by atoms with Crippen LogP contribution in [-0.4, -0.2) is 16.6 Å². The van der Waals surface area contributed by atoms with Gasteiger partial charge in [-0.1, -0.05) is 11.6 Å². The van der Waals surface area contributed by atoms with Crippen molar-refractivity contribution in [3.05, 3.63) is 21.3 Å². The molecule has 1 heterocycles. The Hall–Kier alpha value is -0.580. The van der Waals surface area contributed by atoms with Crippen molar-refractivity contribution >= 4 is 28.9 Å². The summed E-state index contributed by atoms with van der Waals surface area (Å²) in [6.07, 6.45) is 0. The highest BCUT2D eigenvalue weighted by molar-refractivity contribution is 7.16. The van der Waals surface area contributed by atoms with E-state index in [-0.39, 0.29) is 0 Å². The van der Waals surface area contributed by atoms with Crippen LogP contribution in [-0.2, 0) is 11.3 Å². The second kappa shape index (κ2) is 4.29. The molecule has 78 valence electrons. The van der Waals surface area contributed by atoms with Crippen LogP contribution >= 0.6 is 22.9 Å². The molecule has 0 unspecified atom stereocenters. The van der Waals surface area contributed by atoms with Crippen molar-refractivity contribution in [2.24, 2.45) is 0 Å². The second-order valence-electron chi connectivity index (χ2n) is 3.49. The minimum Gasteiger partial charge on any atom is -0.480 e. The molecule has 0 spiro atoms. The van der Waals surface area contributed by atoms with E-state index in [0.717, 1.165) is 9.21 Å². The average Bonchev–Trinajstić information content (AvgIpc) is 2.48. The van der Waals surface area contributed by atoms with Crippen molar-refractivity contribution in [2.45, 2.75) is 25.9 Å². The van der Waals surface area contributed by atoms with Gasteiger partial charge in [-0.15, -0.1) is 11.3 Å². The van der Waals surface area contributed by atoms with Crippen molar-refractivity contribution in [1.82, 2.24) is 5.32 Å². The highest BCUT2D eigenvalue weighted by Gasteiger charge is 2.25. The molecule has 1 rings (SSSR count). The van der Waals surface area contributed by atoms with Crippen LogP contribution in [0.5, 0.6) is 0 Å². The Morgan fingerprint density at radius 3 is 2.71 bits per heavy atom. The number of carboxylic acid groups (broad SMARTS) is 1. The Morgan fingerprint density at radius 2 is 2.29 bits per heavy atom. The largest absolute Gasteiger partial charge is 0.480 e. The minimum atomic E-state index is -0.906. The first-order valence-corrected chi connectivity index (χ1v) is 5.34. The highest BCUT2D eigenvalue weighted by Crippen LogP contribution is 2.21. The van der Waals surface area contributed by atoms with Crippen LogP contribution < -0.4 is 5.32 Å². The number of thiophene rings is 1. The van der Waals surface area contributed by atoms with Gasteiger partial charge in [-0.3, -0.25) is 10.1 Å². The van der Waals surface area contributed by atoms with Crippen LogP contribution in [0.1, 0.15) is 18.7 Å². The summed E-state index contributed by atoms with van der Waals surface area (Å²) in [6, 6.07) is 3.69. The maximum Gasteiger partial charge on any atom is 0.323 e. The zero-order valence-corrected chi connectivity index (χ0v) is 9.58. The van der Waals surface area contributed by atoms with Crippen LogP contribution in [0.15, 0.2) is 12.1 Å². The van der Waals surface area contributed by atoms with Gasteiger partial charge in [0.05, 0.1) is 4.34 Å². The monoisotopic (exact) mass is 233 g/mol. The number of nitrogens with one attached hydrogen (secondary N) is 1. The van der Waals surface area contributed by atoms with Gasteiger partial charge in [-0.05, 0) is 26.0 Å². The molecule has 0 radical (unpaired) electrons. The molecular weight excluding hydrogens is 222 g/mol. The van der Waals surface area contributed by atoms with Gasteiger partial charge in [0, 0.05) is 11.4 Å². The first kappa shape index (κ1) is 11.5. The van der Waals surface area contributed by atoms with E-state index in [1.807, 2.05) is 6.07 Å². The Labute approximate surface area is 91.7 Å². The van der Waals surface area contributed by atoms with Crippen LogP contribution in [0, 0.1) is 0 Å². The van der Waals surface area contributed by atoms with Crippen molar-refractivity contribution in [2.75, 3.05) is 0 Å². The van der Waals surface area contributed by atoms with Gasteiger partial charge < -0.3 is 5.11 Å². The molecule has 0 aliphatic heterocycles. The van der Waals surface area contributed by atoms with E-state index < -0.39 is 11.5 Å². The first-order chi connectivity index (χ1) is 6.42. The number of hydrogen-bond donors (Lipinski definition) is 2. The summed E-state index contributed by atoms with van der Waals surface area (Å²) >= 11 is 7.20. The minimum absolute atomic E-state index is 0.524. The van der Waals surface area contributed by atoms with Crippen LogP contribution in [0.3, 0.4) is 0 Å². The standard InChI is InChI=1S/C9H12ClNO2S/c1-9(2,8(12)13)11-5-6-3-4-7(10)14-6/h3-4,11H,5H2,1-2H3,(H,12,13). The predicted octanol–water partition coefficient (Wildman–Crippen LogP) is 2.35. The Bertz CT molecular complexity index is 335. The van der Waals surface area contributed by atoms with E-state index in [2.05, 4.69) is 5.32 Å². The van der Waals surface area contributed by atoms with E-state index in [1.165, 1.54) is 11.3 Å². The third-order valence-corrected chi connectivity index (χ3v) is 3.10. The van der Waals surface area contributed by atoms with E-state index in [1.54, 1.807) is 19.9 Å². The lowest BCUT2D eigenvalue weighted by Gasteiger charge is -2.20. The van der Waals surface area contributed by atoms with Crippen LogP contribution in [0.25, 0.3) is 0 Å². The summed E-state index contributed by atoms with van der Waals surface area (Å²) in [7, 11) is 0. The molecule has 0 bridgehead atoms. The second-order valence-corrected chi connectivity index (χ2v) is 5.29. The maximum absolute atomic E-state index is 10.8. The molecule has 2 N–H and O–H groups in total. The third-order valence-electron chi connectivity index (χ3n) is 1.87. The fourth-order valence-electron chi connectivity index (χ4n) is 0.830. The summed E-state index contributed by atoms with van der Waals surface area (Å²) in [5.74, 6) is -0.861. The summed E-state index contributed by atoms with van der Waals surface area (Å²) in [5, 5.41) is 11.8. The van der Waals surface area contributed by atoms with Gasteiger partial charge in [0.15, 0.2) is 0 Å². The summed E-state index contributed by atoms with van der Waals surface area (Å²) in [6.45, 7) is 3.78. The number of carbonyl (C=O) groups is 1. The summed E-state index contributed by atoms with van der Waals surface area (Å²) in [4.78, 5) is 11.8. The number of rotatable bonds is 4. The number of halogens is 1. The average molecular weight is 234 g/mol. The fraction of sp³-hybridized carbons (Fsp3) is 0.444. The van der Waals surface area contributed by atoms with Crippen LogP contribution in [0.4, 0.5) is 0 Å². The smallest absolute Gasteiger partial charge is 0.323 e. The number of aliphatic carboxylic acids is 1. The lowest BCUT2D eigenvalue weighted by molar-refractivity contribution is -0.143. The van der Waals surface area contributed by atoms with Gasteiger partial charge in [0.2, 0.25) is 0 Å². The predicted molar refractivity (Wildman–Crippen MR) is 57.9 cm³/mol. The van der Waals surface area contributed by atoms with Crippen LogP contribution in [0.2, 0.25) is 4.34 Å². The van der Waals surface area contributed by atoms with Gasteiger partial charge >= 0.3 is 5.97 Å². The van der Waals surface area contributed by atoms with Gasteiger partial charge in [0.25, 0.3) is 0 Å². The Kier molecular flexibility index (Phi) is 3.53. The molecule has 0 fully saturated rings. The molecule has 0 aliphatic carbocycles. The van der Waals surface area contributed by atoms with Crippen molar-refractivity contribution < 1.29 is 9.90 Å². The Morgan fingerprint density at radius 1 is 1.64 bits per heavy atom. The Balaban J connectivity index is 2.52. The summed E-state index contributed by atoms with van der Waals surface area (Å²) in [5.41, 5.74) is -0.906. The molecule has 1 aromatic rings. The van der Waals surface area contributed by atoms with Gasteiger partial charge in [-0.2, -0.15) is 0 Å². The molecule has 0 aromatic carbocycles. The molecule has 0 saturated carbocycles. The first-order valence-electron chi connectivity index (χ1n) is 4.14. The van der Waals surface area contributed by atoms with Crippen molar-refractivity contribution in [3.8, 4) is 0 Å². The fourth-order valence-corrected chi connectivity index (χ4v) is 1.86. The molecule has 0 atom stereocenters. The van der Waals surface area contributed by atoms with Gasteiger partial charge in [0.1, 0.15) is 5.54 Å². The highest BCUT2D eigenvalue weighted by atomic mass is 35.5. The SMILES string of the molecule is CC(C)(NCc1ccc(Cl)s1)C(=O)O. The molecule has 14 heavy (non-hydrogen) atoms. The zero-order chi connectivity index (χ0) is 10.8.